The van der Waals surface area contributed by atoms with Gasteiger partial charge in [-0.25, -0.2) is 4.98 Å². The summed E-state index contributed by atoms with van der Waals surface area (Å²) in [6.07, 6.45) is 6.85. The van der Waals surface area contributed by atoms with Gasteiger partial charge in [-0.15, -0.1) is 11.3 Å². The van der Waals surface area contributed by atoms with Gasteiger partial charge in [0.05, 0.1) is 10.7 Å². The van der Waals surface area contributed by atoms with E-state index in [1.807, 2.05) is 0 Å². The van der Waals surface area contributed by atoms with Gasteiger partial charge in [0.1, 0.15) is 0 Å². The van der Waals surface area contributed by atoms with Crippen molar-refractivity contribution < 1.29 is 0 Å². The second-order valence-corrected chi connectivity index (χ2v) is 6.71. The van der Waals surface area contributed by atoms with Gasteiger partial charge in [-0.2, -0.15) is 0 Å². The molecule has 1 saturated heterocycles. The Morgan fingerprint density at radius 3 is 3.06 bits per heavy atom. The molecule has 2 aliphatic rings. The second kappa shape index (κ2) is 5.68. The minimum atomic E-state index is 0.697. The number of thiazole rings is 1. The third-order valence-electron chi connectivity index (χ3n) is 4.40. The number of aromatic nitrogens is 1. The molecule has 1 aromatic heterocycles. The molecule has 3 unspecified atom stereocenters. The first-order valence-electron chi connectivity index (χ1n) is 7.21. The highest BCUT2D eigenvalue weighted by molar-refractivity contribution is 7.09. The largest absolute Gasteiger partial charge is 0.314 e. The van der Waals surface area contributed by atoms with Crippen LogP contribution in [0.4, 0.5) is 0 Å². The molecule has 1 aliphatic carbocycles. The molecule has 4 heteroatoms. The van der Waals surface area contributed by atoms with Crippen LogP contribution in [0.5, 0.6) is 0 Å². The first-order valence-corrected chi connectivity index (χ1v) is 8.08. The van der Waals surface area contributed by atoms with E-state index in [1.165, 1.54) is 49.4 Å². The molecule has 3 atom stereocenters. The summed E-state index contributed by atoms with van der Waals surface area (Å²) in [4.78, 5) is 4.53. The highest BCUT2D eigenvalue weighted by Crippen LogP contribution is 2.32. The second-order valence-electron chi connectivity index (χ2n) is 5.64. The molecule has 0 radical (unpaired) electrons. The molecule has 18 heavy (non-hydrogen) atoms. The van der Waals surface area contributed by atoms with E-state index in [0.29, 0.717) is 6.04 Å². The smallest absolute Gasteiger partial charge is 0.0897 e. The molecule has 3 rings (SSSR count). The van der Waals surface area contributed by atoms with Gasteiger partial charge in [0.2, 0.25) is 0 Å². The normalized spacial score (nSPS) is 32.2. The van der Waals surface area contributed by atoms with Crippen molar-refractivity contribution in [1.82, 2.24) is 15.6 Å². The van der Waals surface area contributed by atoms with E-state index in [0.717, 1.165) is 18.5 Å². The predicted molar refractivity (Wildman–Crippen MR) is 75.8 cm³/mol. The summed E-state index contributed by atoms with van der Waals surface area (Å²) < 4.78 is 0. The molecule has 2 fully saturated rings. The van der Waals surface area contributed by atoms with E-state index in [9.17, 15) is 0 Å². The Kier molecular flexibility index (Phi) is 3.97. The lowest BCUT2D eigenvalue weighted by Crippen LogP contribution is -2.41. The minimum Gasteiger partial charge on any atom is -0.314 e. The Balaban J connectivity index is 1.54. The zero-order chi connectivity index (χ0) is 12.4. The van der Waals surface area contributed by atoms with E-state index in [4.69, 9.17) is 0 Å². The van der Waals surface area contributed by atoms with E-state index >= 15 is 0 Å². The van der Waals surface area contributed by atoms with Gasteiger partial charge < -0.3 is 10.6 Å². The van der Waals surface area contributed by atoms with E-state index in [1.54, 1.807) is 11.3 Å². The first kappa shape index (κ1) is 12.6. The van der Waals surface area contributed by atoms with Gasteiger partial charge in [-0.3, -0.25) is 0 Å². The standard InChI is InChI=1S/C14H23N3S/c1-10-17-11(9-18-10)8-16-14-5-2-4-12(14)13-6-3-7-15-13/h9,12-16H,2-8H2,1H3. The van der Waals surface area contributed by atoms with Crippen LogP contribution < -0.4 is 10.6 Å². The van der Waals surface area contributed by atoms with Crippen LogP contribution in [0.25, 0.3) is 0 Å². The summed E-state index contributed by atoms with van der Waals surface area (Å²) in [5.74, 6) is 0.840. The molecule has 1 aliphatic heterocycles. The maximum absolute atomic E-state index is 4.53. The Morgan fingerprint density at radius 2 is 2.33 bits per heavy atom. The molecule has 1 saturated carbocycles. The van der Waals surface area contributed by atoms with Gasteiger partial charge in [-0.05, 0) is 45.1 Å². The van der Waals surface area contributed by atoms with E-state index in [-0.39, 0.29) is 0 Å². The van der Waals surface area contributed by atoms with Crippen molar-refractivity contribution in [2.24, 2.45) is 5.92 Å². The third kappa shape index (κ3) is 2.76. The number of nitrogens with one attached hydrogen (secondary N) is 2. The Morgan fingerprint density at radius 1 is 1.39 bits per heavy atom. The molecular formula is C14H23N3S. The fourth-order valence-electron chi connectivity index (χ4n) is 3.53. The molecule has 2 heterocycles. The van der Waals surface area contributed by atoms with Crippen molar-refractivity contribution in [3.8, 4) is 0 Å². The van der Waals surface area contributed by atoms with E-state index in [2.05, 4.69) is 27.9 Å². The highest BCUT2D eigenvalue weighted by atomic mass is 32.1. The maximum Gasteiger partial charge on any atom is 0.0897 e. The molecular weight excluding hydrogens is 242 g/mol. The van der Waals surface area contributed by atoms with Crippen molar-refractivity contribution in [2.45, 2.75) is 57.7 Å². The molecule has 2 N–H and O–H groups in total. The zero-order valence-electron chi connectivity index (χ0n) is 11.1. The Bertz CT molecular complexity index is 384. The van der Waals surface area contributed by atoms with Crippen LogP contribution in [0.3, 0.4) is 0 Å². The molecule has 1 aromatic rings. The number of aryl methyl sites for hydroxylation is 1. The van der Waals surface area contributed by atoms with Gasteiger partial charge >= 0.3 is 0 Å². The van der Waals surface area contributed by atoms with Crippen molar-refractivity contribution >= 4 is 11.3 Å². The Labute approximate surface area is 113 Å². The monoisotopic (exact) mass is 265 g/mol. The van der Waals surface area contributed by atoms with Crippen LogP contribution in [0.15, 0.2) is 5.38 Å². The summed E-state index contributed by atoms with van der Waals surface area (Å²) >= 11 is 1.75. The van der Waals surface area contributed by atoms with Gasteiger partial charge in [0, 0.05) is 24.0 Å². The van der Waals surface area contributed by atoms with Crippen LogP contribution in [-0.2, 0) is 6.54 Å². The SMILES string of the molecule is Cc1nc(CNC2CCCC2C2CCCN2)cs1. The van der Waals surface area contributed by atoms with Gasteiger partial charge in [0.15, 0.2) is 0 Å². The zero-order valence-corrected chi connectivity index (χ0v) is 11.9. The van der Waals surface area contributed by atoms with Crippen LogP contribution in [0, 0.1) is 12.8 Å². The summed E-state index contributed by atoms with van der Waals surface area (Å²) in [5.41, 5.74) is 1.21. The van der Waals surface area contributed by atoms with Crippen LogP contribution in [-0.4, -0.2) is 23.6 Å². The fourth-order valence-corrected chi connectivity index (χ4v) is 4.14. The van der Waals surface area contributed by atoms with Gasteiger partial charge in [-0.1, -0.05) is 6.42 Å². The summed E-state index contributed by atoms with van der Waals surface area (Å²) in [5, 5.41) is 10.8. The quantitative estimate of drug-likeness (QED) is 0.878. The minimum absolute atomic E-state index is 0.697. The average Bonchev–Trinajstić information content (AvgIpc) is 3.07. The molecule has 3 nitrogen and oxygen atoms in total. The van der Waals surface area contributed by atoms with E-state index < -0.39 is 0 Å². The topological polar surface area (TPSA) is 37.0 Å². The van der Waals surface area contributed by atoms with Crippen LogP contribution >= 0.6 is 11.3 Å². The summed E-state index contributed by atoms with van der Waals surface area (Å²) in [6.45, 7) is 4.24. The average molecular weight is 265 g/mol. The lowest BCUT2D eigenvalue weighted by molar-refractivity contribution is 0.319. The van der Waals surface area contributed by atoms with Crippen molar-refractivity contribution in [2.75, 3.05) is 6.54 Å². The highest BCUT2D eigenvalue weighted by Gasteiger charge is 2.34. The molecule has 0 aromatic carbocycles. The van der Waals surface area contributed by atoms with Crippen molar-refractivity contribution in [3.63, 3.8) is 0 Å². The number of hydrogen-bond acceptors (Lipinski definition) is 4. The molecule has 100 valence electrons. The third-order valence-corrected chi connectivity index (χ3v) is 5.22. The number of rotatable bonds is 4. The van der Waals surface area contributed by atoms with Crippen LogP contribution in [0.2, 0.25) is 0 Å². The molecule has 0 spiro atoms. The number of nitrogens with zero attached hydrogens (tertiary/aromatic N) is 1. The van der Waals surface area contributed by atoms with Crippen molar-refractivity contribution in [1.29, 1.82) is 0 Å². The summed E-state index contributed by atoms with van der Waals surface area (Å²) in [7, 11) is 0. The lowest BCUT2D eigenvalue weighted by Gasteiger charge is -2.26. The lowest BCUT2D eigenvalue weighted by atomic mass is 9.93. The summed E-state index contributed by atoms with van der Waals surface area (Å²) in [6, 6.07) is 1.46. The Hall–Kier alpha value is -0.450. The molecule has 0 bridgehead atoms. The first-order chi connectivity index (χ1) is 8.83. The number of hydrogen-bond donors (Lipinski definition) is 2. The maximum atomic E-state index is 4.53. The van der Waals surface area contributed by atoms with Gasteiger partial charge in [0.25, 0.3) is 0 Å². The fraction of sp³-hybridized carbons (Fsp3) is 0.786. The predicted octanol–water partition coefficient (Wildman–Crippen LogP) is 2.46. The molecule has 0 amide bonds. The van der Waals surface area contributed by atoms with Crippen LogP contribution in [0.1, 0.15) is 42.8 Å². The van der Waals surface area contributed by atoms with Crippen molar-refractivity contribution in [3.05, 3.63) is 16.1 Å².